The topological polar surface area (TPSA) is 104 Å². The molecule has 39 heavy (non-hydrogen) atoms. The third-order valence-corrected chi connectivity index (χ3v) is 6.72. The number of aromatic hydroxyl groups is 1. The van der Waals surface area contributed by atoms with E-state index in [-0.39, 0.29) is 23.3 Å². The van der Waals surface area contributed by atoms with Gasteiger partial charge in [-0.25, -0.2) is 0 Å². The lowest BCUT2D eigenvalue weighted by molar-refractivity contribution is -0.123. The van der Waals surface area contributed by atoms with Crippen LogP contribution in [0.15, 0.2) is 36.4 Å². The lowest BCUT2D eigenvalue weighted by Crippen LogP contribution is -2.45. The van der Waals surface area contributed by atoms with Crippen molar-refractivity contribution in [1.82, 2.24) is 29.9 Å². The van der Waals surface area contributed by atoms with Crippen molar-refractivity contribution in [2.24, 2.45) is 0 Å². The summed E-state index contributed by atoms with van der Waals surface area (Å²) in [6.45, 7) is 7.80. The highest BCUT2D eigenvalue weighted by Gasteiger charge is 2.30. The summed E-state index contributed by atoms with van der Waals surface area (Å²) in [4.78, 5) is 27.7. The first kappa shape index (κ1) is 28.1. The molecule has 4 rings (SSSR count). The maximum atomic E-state index is 12.8. The largest absolute Gasteiger partial charge is 0.507 e. The lowest BCUT2D eigenvalue weighted by Gasteiger charge is -2.32. The van der Waals surface area contributed by atoms with E-state index in [0.29, 0.717) is 30.9 Å². The van der Waals surface area contributed by atoms with Crippen LogP contribution in [0.3, 0.4) is 0 Å². The van der Waals surface area contributed by atoms with Gasteiger partial charge in [0, 0.05) is 38.4 Å². The number of aromatic nitrogens is 3. The molecule has 0 saturated carbocycles. The standard InChI is InChI=1S/C27H31F3N6O3/c1-17(2)21-13-22(23(38)12-18(21)3)24-32-33-25(26(39)31-15-27(28,29)30)36(24)20-6-4-19(5-7-20)14-34-8-10-35(16-37)11-9-34/h4-7,12-13,16-17,38H,8-11,14-15H2,1-3H3,(H,31,39). The molecule has 0 aliphatic carbocycles. The molecule has 2 heterocycles. The van der Waals surface area contributed by atoms with Gasteiger partial charge in [-0.2, -0.15) is 13.2 Å². The van der Waals surface area contributed by atoms with Crippen molar-refractivity contribution in [3.8, 4) is 22.8 Å². The number of halogens is 3. The fourth-order valence-electron chi connectivity index (χ4n) is 4.66. The van der Waals surface area contributed by atoms with E-state index in [1.807, 2.05) is 38.2 Å². The second kappa shape index (κ2) is 11.4. The van der Waals surface area contributed by atoms with E-state index in [1.54, 1.807) is 29.2 Å². The third-order valence-electron chi connectivity index (χ3n) is 6.72. The van der Waals surface area contributed by atoms with Crippen molar-refractivity contribution in [3.05, 3.63) is 58.9 Å². The molecule has 2 aromatic carbocycles. The number of nitrogens with one attached hydrogen (secondary N) is 1. The van der Waals surface area contributed by atoms with Crippen LogP contribution in [0.5, 0.6) is 5.75 Å². The first-order valence-electron chi connectivity index (χ1n) is 12.6. The number of phenols is 1. The molecule has 3 aromatic rings. The number of nitrogens with zero attached hydrogens (tertiary/aromatic N) is 5. The molecule has 0 spiro atoms. The van der Waals surface area contributed by atoms with Crippen molar-refractivity contribution < 1.29 is 27.9 Å². The average Bonchev–Trinajstić information content (AvgIpc) is 3.32. The molecule has 0 bridgehead atoms. The Labute approximate surface area is 224 Å². The molecule has 2 N–H and O–H groups in total. The second-order valence-corrected chi connectivity index (χ2v) is 9.95. The molecule has 208 valence electrons. The van der Waals surface area contributed by atoms with Gasteiger partial charge in [0.1, 0.15) is 12.3 Å². The van der Waals surface area contributed by atoms with Crippen LogP contribution in [-0.2, 0) is 11.3 Å². The first-order chi connectivity index (χ1) is 18.5. The first-order valence-corrected chi connectivity index (χ1v) is 12.6. The maximum absolute atomic E-state index is 12.8. The van der Waals surface area contributed by atoms with Crippen LogP contribution in [-0.4, -0.2) is 80.9 Å². The number of rotatable bonds is 8. The molecule has 0 unspecified atom stereocenters. The lowest BCUT2D eigenvalue weighted by atomic mass is 9.95. The summed E-state index contributed by atoms with van der Waals surface area (Å²) in [5.41, 5.74) is 3.57. The van der Waals surface area contributed by atoms with E-state index in [9.17, 15) is 27.9 Å². The minimum atomic E-state index is -4.59. The number of piperazine rings is 1. The smallest absolute Gasteiger partial charge is 0.405 e. The van der Waals surface area contributed by atoms with Crippen LogP contribution in [0.2, 0.25) is 0 Å². The summed E-state index contributed by atoms with van der Waals surface area (Å²) in [5, 5.41) is 20.7. The zero-order chi connectivity index (χ0) is 28.3. The number of phenolic OH excluding ortho intramolecular Hbond substituents is 1. The monoisotopic (exact) mass is 544 g/mol. The molecule has 1 aliphatic rings. The number of hydrogen-bond donors (Lipinski definition) is 2. The van der Waals surface area contributed by atoms with Crippen LogP contribution in [0.25, 0.3) is 17.1 Å². The quantitative estimate of drug-likeness (QED) is 0.420. The molecular formula is C27H31F3N6O3. The number of aryl methyl sites for hydroxylation is 1. The Balaban J connectivity index is 1.71. The van der Waals surface area contributed by atoms with Gasteiger partial charge in [-0.15, -0.1) is 10.2 Å². The van der Waals surface area contributed by atoms with E-state index < -0.39 is 18.6 Å². The van der Waals surface area contributed by atoms with E-state index in [4.69, 9.17) is 0 Å². The van der Waals surface area contributed by atoms with Gasteiger partial charge in [0.25, 0.3) is 5.91 Å². The maximum Gasteiger partial charge on any atom is 0.405 e. The Kier molecular flexibility index (Phi) is 8.24. The Morgan fingerprint density at radius 3 is 2.36 bits per heavy atom. The summed E-state index contributed by atoms with van der Waals surface area (Å²) >= 11 is 0. The van der Waals surface area contributed by atoms with E-state index >= 15 is 0 Å². The van der Waals surface area contributed by atoms with Crippen LogP contribution in [0, 0.1) is 6.92 Å². The average molecular weight is 545 g/mol. The van der Waals surface area contributed by atoms with Crippen LogP contribution in [0.4, 0.5) is 13.2 Å². The highest BCUT2D eigenvalue weighted by Crippen LogP contribution is 2.35. The predicted molar refractivity (Wildman–Crippen MR) is 139 cm³/mol. The molecule has 0 radical (unpaired) electrons. The van der Waals surface area contributed by atoms with Gasteiger partial charge in [0.15, 0.2) is 5.82 Å². The molecule has 1 saturated heterocycles. The van der Waals surface area contributed by atoms with Crippen molar-refractivity contribution in [3.63, 3.8) is 0 Å². The number of amides is 2. The summed E-state index contributed by atoms with van der Waals surface area (Å²) in [6, 6.07) is 10.5. The second-order valence-electron chi connectivity index (χ2n) is 9.95. The molecule has 1 aliphatic heterocycles. The van der Waals surface area contributed by atoms with Crippen LogP contribution >= 0.6 is 0 Å². The Morgan fingerprint density at radius 1 is 1.10 bits per heavy atom. The molecule has 0 atom stereocenters. The van der Waals surface area contributed by atoms with Gasteiger partial charge in [-0.05, 0) is 53.8 Å². The normalized spacial score (nSPS) is 14.6. The number of carbonyl (C=O) groups is 2. The van der Waals surface area contributed by atoms with Crippen molar-refractivity contribution in [2.75, 3.05) is 32.7 Å². The molecule has 9 nitrogen and oxygen atoms in total. The van der Waals surface area contributed by atoms with Crippen LogP contribution in [0.1, 0.15) is 47.1 Å². The number of hydrogen-bond acceptors (Lipinski definition) is 6. The fraction of sp³-hybridized carbons (Fsp3) is 0.407. The van der Waals surface area contributed by atoms with Gasteiger partial charge in [0.05, 0.1) is 5.56 Å². The van der Waals surface area contributed by atoms with E-state index in [2.05, 4.69) is 15.1 Å². The highest BCUT2D eigenvalue weighted by atomic mass is 19.4. The number of alkyl halides is 3. The predicted octanol–water partition coefficient (Wildman–Crippen LogP) is 3.64. The summed E-state index contributed by atoms with van der Waals surface area (Å²) in [7, 11) is 0. The summed E-state index contributed by atoms with van der Waals surface area (Å²) in [5.74, 6) is -1.21. The van der Waals surface area contributed by atoms with Gasteiger partial charge >= 0.3 is 6.18 Å². The van der Waals surface area contributed by atoms with Gasteiger partial charge in [0.2, 0.25) is 12.2 Å². The summed E-state index contributed by atoms with van der Waals surface area (Å²) in [6.07, 6.45) is -3.75. The Hall–Kier alpha value is -3.93. The SMILES string of the molecule is Cc1cc(O)c(-c2nnc(C(=O)NCC(F)(F)F)n2-c2ccc(CN3CCN(C=O)CC3)cc2)cc1C(C)C. The zero-order valence-electron chi connectivity index (χ0n) is 22.0. The third kappa shape index (κ3) is 6.56. The molecule has 1 fully saturated rings. The van der Waals surface area contributed by atoms with Gasteiger partial charge in [-0.1, -0.05) is 26.0 Å². The van der Waals surface area contributed by atoms with Crippen molar-refractivity contribution in [2.45, 2.75) is 39.4 Å². The van der Waals surface area contributed by atoms with Gasteiger partial charge in [-0.3, -0.25) is 19.1 Å². The minimum absolute atomic E-state index is 0.0844. The Morgan fingerprint density at radius 2 is 1.77 bits per heavy atom. The summed E-state index contributed by atoms with van der Waals surface area (Å²) < 4.78 is 39.8. The molecule has 12 heteroatoms. The van der Waals surface area contributed by atoms with E-state index in [1.165, 1.54) is 4.57 Å². The van der Waals surface area contributed by atoms with Crippen molar-refractivity contribution >= 4 is 12.3 Å². The molecular weight excluding hydrogens is 513 g/mol. The molecule has 2 amide bonds. The number of benzene rings is 2. The minimum Gasteiger partial charge on any atom is -0.507 e. The fourth-order valence-corrected chi connectivity index (χ4v) is 4.66. The van der Waals surface area contributed by atoms with Crippen LogP contribution < -0.4 is 5.32 Å². The highest BCUT2D eigenvalue weighted by molar-refractivity contribution is 5.92. The molecule has 1 aromatic heterocycles. The zero-order valence-corrected chi connectivity index (χ0v) is 22.0. The Bertz CT molecular complexity index is 1330. The van der Waals surface area contributed by atoms with E-state index in [0.717, 1.165) is 36.2 Å². The van der Waals surface area contributed by atoms with Crippen molar-refractivity contribution in [1.29, 1.82) is 0 Å². The van der Waals surface area contributed by atoms with Gasteiger partial charge < -0.3 is 15.3 Å². The number of carbonyl (C=O) groups excluding carboxylic acids is 2.